The predicted molar refractivity (Wildman–Crippen MR) is 121 cm³/mol. The number of fused-ring (bicyclic) bond motifs is 1. The number of carbonyl (C=O) groups excluding carboxylic acids is 4. The lowest BCUT2D eigenvalue weighted by Gasteiger charge is -2.17. The van der Waals surface area contributed by atoms with Crippen LogP contribution in [-0.4, -0.2) is 30.2 Å². The number of aryl methyl sites for hydroxylation is 1. The first-order chi connectivity index (χ1) is 15.9. The van der Waals surface area contributed by atoms with Gasteiger partial charge in [0.2, 0.25) is 5.91 Å². The number of amides is 3. The van der Waals surface area contributed by atoms with Crippen molar-refractivity contribution in [1.82, 2.24) is 0 Å². The van der Waals surface area contributed by atoms with E-state index in [4.69, 9.17) is 4.74 Å². The normalized spacial score (nSPS) is 17.5. The number of imide groups is 1. The number of hydrogen-bond acceptors (Lipinski definition) is 5. The van der Waals surface area contributed by atoms with Crippen molar-refractivity contribution in [2.24, 2.45) is 5.92 Å². The number of benzene rings is 3. The zero-order valence-electron chi connectivity index (χ0n) is 17.9. The highest BCUT2D eigenvalue weighted by Gasteiger charge is 2.38. The third-order valence-corrected chi connectivity index (χ3v) is 5.89. The Morgan fingerprint density at radius 2 is 1.52 bits per heavy atom. The van der Waals surface area contributed by atoms with Crippen LogP contribution in [0.5, 0.6) is 5.75 Å². The van der Waals surface area contributed by atoms with Gasteiger partial charge in [0, 0.05) is 24.7 Å². The minimum Gasteiger partial charge on any atom is -0.426 e. The topological polar surface area (TPSA) is 84.0 Å². The first-order valence-corrected chi connectivity index (χ1v) is 10.6. The summed E-state index contributed by atoms with van der Waals surface area (Å²) in [5.74, 6) is -1.92. The highest BCUT2D eigenvalue weighted by Crippen LogP contribution is 2.31. The number of rotatable bonds is 4. The standard InChI is InChI=1S/C26H20N2O5/c1-16-9-11-18(12-10-16)27-15-17(13-23(27)29)26(32)33-20-6-4-5-19(14-20)28-24(30)21-7-2-3-8-22(21)25(28)31/h2-12,14,17H,13,15H2,1H3/t17-/m1/s1. The van der Waals surface area contributed by atoms with Crippen molar-refractivity contribution in [3.63, 3.8) is 0 Å². The van der Waals surface area contributed by atoms with Crippen LogP contribution in [0.2, 0.25) is 0 Å². The van der Waals surface area contributed by atoms with Gasteiger partial charge in [0.1, 0.15) is 5.75 Å². The number of anilines is 2. The molecule has 2 aliphatic heterocycles. The number of ether oxygens (including phenoxy) is 1. The maximum atomic E-state index is 12.8. The Kier molecular flexibility index (Phi) is 5.01. The van der Waals surface area contributed by atoms with Gasteiger partial charge < -0.3 is 9.64 Å². The highest BCUT2D eigenvalue weighted by molar-refractivity contribution is 6.34. The minimum absolute atomic E-state index is 0.0603. The zero-order chi connectivity index (χ0) is 23.1. The van der Waals surface area contributed by atoms with Crippen LogP contribution < -0.4 is 14.5 Å². The molecule has 7 nitrogen and oxygen atoms in total. The van der Waals surface area contributed by atoms with Crippen LogP contribution in [0.15, 0.2) is 72.8 Å². The lowest BCUT2D eigenvalue weighted by Crippen LogP contribution is -2.29. The molecule has 2 aliphatic rings. The highest BCUT2D eigenvalue weighted by atomic mass is 16.5. The Labute approximate surface area is 190 Å². The Bertz CT molecular complexity index is 1260. The summed E-state index contributed by atoms with van der Waals surface area (Å²) >= 11 is 0. The second-order valence-corrected chi connectivity index (χ2v) is 8.15. The van der Waals surface area contributed by atoms with E-state index in [0.29, 0.717) is 16.8 Å². The van der Waals surface area contributed by atoms with Crippen LogP contribution >= 0.6 is 0 Å². The van der Waals surface area contributed by atoms with Gasteiger partial charge in [-0.05, 0) is 43.3 Å². The van der Waals surface area contributed by atoms with E-state index in [1.54, 1.807) is 47.4 Å². The molecule has 0 radical (unpaired) electrons. The quantitative estimate of drug-likeness (QED) is 0.351. The van der Waals surface area contributed by atoms with Gasteiger partial charge in [-0.25, -0.2) is 4.90 Å². The van der Waals surface area contributed by atoms with E-state index in [2.05, 4.69) is 0 Å². The second kappa shape index (κ2) is 8.02. The smallest absolute Gasteiger partial charge is 0.316 e. The van der Waals surface area contributed by atoms with Crippen LogP contribution in [0.25, 0.3) is 0 Å². The molecule has 0 saturated carbocycles. The van der Waals surface area contributed by atoms with E-state index in [1.165, 1.54) is 6.07 Å². The average Bonchev–Trinajstić information content (AvgIpc) is 3.32. The molecule has 0 N–H and O–H groups in total. The molecule has 0 bridgehead atoms. The number of hydrogen-bond donors (Lipinski definition) is 0. The van der Waals surface area contributed by atoms with Crippen LogP contribution in [0, 0.1) is 12.8 Å². The fourth-order valence-corrected chi connectivity index (χ4v) is 4.15. The van der Waals surface area contributed by atoms with Crippen molar-refractivity contribution in [3.05, 3.63) is 89.5 Å². The van der Waals surface area contributed by atoms with E-state index in [-0.39, 0.29) is 24.6 Å². The van der Waals surface area contributed by atoms with Crippen molar-refractivity contribution in [2.45, 2.75) is 13.3 Å². The van der Waals surface area contributed by atoms with Gasteiger partial charge in [-0.15, -0.1) is 0 Å². The average molecular weight is 440 g/mol. The Morgan fingerprint density at radius 1 is 0.848 bits per heavy atom. The van der Waals surface area contributed by atoms with Crippen LogP contribution in [0.1, 0.15) is 32.7 Å². The Balaban J connectivity index is 1.31. The summed E-state index contributed by atoms with van der Waals surface area (Å²) in [6, 6.07) is 20.4. The monoisotopic (exact) mass is 440 g/mol. The summed E-state index contributed by atoms with van der Waals surface area (Å²) < 4.78 is 5.53. The molecule has 164 valence electrons. The largest absolute Gasteiger partial charge is 0.426 e. The van der Waals surface area contributed by atoms with Crippen molar-refractivity contribution < 1.29 is 23.9 Å². The van der Waals surface area contributed by atoms with E-state index < -0.39 is 23.7 Å². The maximum Gasteiger partial charge on any atom is 0.316 e. The molecule has 0 aromatic heterocycles. The maximum absolute atomic E-state index is 12.8. The van der Waals surface area contributed by atoms with Crippen molar-refractivity contribution in [3.8, 4) is 5.75 Å². The molecule has 0 unspecified atom stereocenters. The summed E-state index contributed by atoms with van der Waals surface area (Å²) in [5.41, 5.74) is 2.82. The van der Waals surface area contributed by atoms with Gasteiger partial charge in [-0.3, -0.25) is 19.2 Å². The number of nitrogens with zero attached hydrogens (tertiary/aromatic N) is 2. The summed E-state index contributed by atoms with van der Waals surface area (Å²) in [6.07, 6.45) is 0.0603. The van der Waals surface area contributed by atoms with Gasteiger partial charge in [0.05, 0.1) is 22.7 Å². The predicted octanol–water partition coefficient (Wildman–Crippen LogP) is 3.75. The molecular formula is C26H20N2O5. The third-order valence-electron chi connectivity index (χ3n) is 5.89. The van der Waals surface area contributed by atoms with Crippen molar-refractivity contribution >= 4 is 35.1 Å². The van der Waals surface area contributed by atoms with Gasteiger partial charge in [0.25, 0.3) is 11.8 Å². The summed E-state index contributed by atoms with van der Waals surface area (Å²) in [7, 11) is 0. The molecule has 1 atom stereocenters. The van der Waals surface area contributed by atoms with Crippen LogP contribution in [0.4, 0.5) is 11.4 Å². The molecule has 7 heteroatoms. The van der Waals surface area contributed by atoms with Crippen molar-refractivity contribution in [1.29, 1.82) is 0 Å². The molecular weight excluding hydrogens is 420 g/mol. The van der Waals surface area contributed by atoms with Gasteiger partial charge in [-0.2, -0.15) is 0 Å². The van der Waals surface area contributed by atoms with E-state index in [9.17, 15) is 19.2 Å². The minimum atomic E-state index is -0.609. The summed E-state index contributed by atoms with van der Waals surface area (Å²) in [5, 5.41) is 0. The fourth-order valence-electron chi connectivity index (χ4n) is 4.15. The molecule has 3 aromatic carbocycles. The molecule has 0 aliphatic carbocycles. The molecule has 1 saturated heterocycles. The molecule has 33 heavy (non-hydrogen) atoms. The molecule has 3 aromatic rings. The first kappa shape index (κ1) is 20.6. The fraction of sp³-hybridized carbons (Fsp3) is 0.154. The Morgan fingerprint density at radius 3 is 2.18 bits per heavy atom. The SMILES string of the molecule is Cc1ccc(N2C[C@H](C(=O)Oc3cccc(N4C(=O)c5ccccc5C4=O)c3)CC2=O)cc1. The third kappa shape index (κ3) is 3.67. The lowest BCUT2D eigenvalue weighted by molar-refractivity contribution is -0.139. The van der Waals surface area contributed by atoms with Gasteiger partial charge in [0.15, 0.2) is 0 Å². The van der Waals surface area contributed by atoms with E-state index in [0.717, 1.165) is 16.2 Å². The lowest BCUT2D eigenvalue weighted by atomic mass is 10.1. The van der Waals surface area contributed by atoms with Gasteiger partial charge in [-0.1, -0.05) is 35.9 Å². The number of carbonyl (C=O) groups is 4. The van der Waals surface area contributed by atoms with E-state index >= 15 is 0 Å². The van der Waals surface area contributed by atoms with E-state index in [1.807, 2.05) is 31.2 Å². The van der Waals surface area contributed by atoms with Crippen molar-refractivity contribution in [2.75, 3.05) is 16.3 Å². The van der Waals surface area contributed by atoms with Gasteiger partial charge >= 0.3 is 5.97 Å². The second-order valence-electron chi connectivity index (χ2n) is 8.15. The summed E-state index contributed by atoms with van der Waals surface area (Å²) in [4.78, 5) is 53.4. The van der Waals surface area contributed by atoms with Crippen LogP contribution in [-0.2, 0) is 9.59 Å². The Hall–Kier alpha value is -4.26. The van der Waals surface area contributed by atoms with Crippen LogP contribution in [0.3, 0.4) is 0 Å². The molecule has 2 heterocycles. The molecule has 0 spiro atoms. The zero-order valence-corrected chi connectivity index (χ0v) is 17.9. The molecule has 1 fully saturated rings. The molecule has 3 amide bonds. The molecule has 5 rings (SSSR count). The first-order valence-electron chi connectivity index (χ1n) is 10.6. The summed E-state index contributed by atoms with van der Waals surface area (Å²) in [6.45, 7) is 2.20. The number of esters is 1.